The molecule has 0 N–H and O–H groups in total. The van der Waals surface area contributed by atoms with E-state index in [1.807, 2.05) is 201 Å². The van der Waals surface area contributed by atoms with E-state index in [0.717, 1.165) is 83.5 Å². The molecule has 0 atom stereocenters. The van der Waals surface area contributed by atoms with Gasteiger partial charge in [0, 0.05) is 215 Å². The maximum absolute atomic E-state index is 5.90. The predicted octanol–water partition coefficient (Wildman–Crippen LogP) is 14.3. The Morgan fingerprint density at radius 2 is 0.321 bits per heavy atom. The van der Waals surface area contributed by atoms with Gasteiger partial charge < -0.3 is 0 Å². The molecule has 109 heavy (non-hydrogen) atoms. The maximum Gasteiger partial charge on any atom is 0.210 e. The summed E-state index contributed by atoms with van der Waals surface area (Å²) >= 11 is 0. The Labute approximate surface area is 635 Å². The van der Waals surface area contributed by atoms with Crippen molar-refractivity contribution in [2.45, 2.75) is 0 Å². The number of pyridine rings is 12. The summed E-state index contributed by atoms with van der Waals surface area (Å²) in [5, 5.41) is 0. The van der Waals surface area contributed by atoms with E-state index in [9.17, 15) is 0 Å². The SMILES string of the molecule is C(#Cc1cc(C#Cc2ccncc2)cc(C#Cc2ccncc2)c1)c1ccncc1.C(#Cc1nc(C#Cc2ccncc2)nc(C#Cc2ccncc2)n1)c1ccncc1.[3H]P[3H].c1cc(-c2cc(-c3ccncc3)cc(-c3ccncc3)c2)ccn1.c1cc(-c2nc(-c3ccncc3)nc(-c3ccncc3)n2)ccn1. The van der Waals surface area contributed by atoms with Gasteiger partial charge in [-0.05, 0) is 233 Å². The van der Waals surface area contributed by atoms with Gasteiger partial charge in [-0.15, -0.1) is 0 Å². The highest BCUT2D eigenvalue weighted by Crippen LogP contribution is 2.33. The van der Waals surface area contributed by atoms with E-state index in [4.69, 9.17) is 2.56 Å². The fourth-order valence-electron chi connectivity index (χ4n) is 9.84. The van der Waals surface area contributed by atoms with Crippen molar-refractivity contribution in [3.63, 3.8) is 0 Å². The number of rotatable bonds is 6. The average Bonchev–Trinajstić information content (AvgIpc) is 0.807. The van der Waals surface area contributed by atoms with E-state index in [0.29, 0.717) is 34.9 Å². The zero-order chi connectivity index (χ0) is 76.0. The summed E-state index contributed by atoms with van der Waals surface area (Å²) in [5.74, 6) is 39.6. The lowest BCUT2D eigenvalue weighted by molar-refractivity contribution is 0.976. The normalized spacial score (nSPS) is 9.87. The van der Waals surface area contributed by atoms with Gasteiger partial charge in [0.1, 0.15) is 0 Å². The summed E-state index contributed by atoms with van der Waals surface area (Å²) in [6.07, 6.45) is 41.7. The van der Waals surface area contributed by atoms with Crippen LogP contribution in [0.2, 0.25) is 0 Å². The van der Waals surface area contributed by atoms with Crippen LogP contribution in [0.4, 0.5) is 0 Å². The van der Waals surface area contributed by atoms with Crippen LogP contribution in [0.5, 0.6) is 0 Å². The minimum atomic E-state index is -0.417. The highest BCUT2D eigenvalue weighted by atomic mass is 31.0. The number of nitrogens with zero attached hydrogens (tertiary/aromatic N) is 18. The lowest BCUT2D eigenvalue weighted by Gasteiger charge is -2.11. The first-order valence-corrected chi connectivity index (χ1v) is 33.3. The Morgan fingerprint density at radius 3 is 0.514 bits per heavy atom. The lowest BCUT2D eigenvalue weighted by atomic mass is 9.94. The molecule has 16 rings (SSSR count). The minimum Gasteiger partial charge on any atom is -0.265 e. The Hall–Kier alpha value is -16.0. The molecule has 2 aromatic carbocycles. The van der Waals surface area contributed by atoms with Gasteiger partial charge in [-0.3, -0.25) is 59.8 Å². The van der Waals surface area contributed by atoms with Crippen molar-refractivity contribution >= 4 is 9.79 Å². The first kappa shape index (κ1) is 70.1. The second-order valence-electron chi connectivity index (χ2n) is 22.5. The van der Waals surface area contributed by atoms with Gasteiger partial charge in [0.2, 0.25) is 17.5 Å². The highest BCUT2D eigenvalue weighted by Gasteiger charge is 2.13. The summed E-state index contributed by atoms with van der Waals surface area (Å²) in [6.45, 7) is 0. The summed E-state index contributed by atoms with van der Waals surface area (Å²) in [6, 6.07) is 58.1. The highest BCUT2D eigenvalue weighted by molar-refractivity contribution is 6.92. The van der Waals surface area contributed by atoms with Crippen LogP contribution in [0.25, 0.3) is 67.5 Å². The van der Waals surface area contributed by atoms with Crippen LogP contribution in [-0.4, -0.2) is 92.3 Å². The molecular weight excluding hydrogens is 1360 g/mol. The number of hydrogen-bond donors (Lipinski definition) is 0. The summed E-state index contributed by atoms with van der Waals surface area (Å²) in [7, 11) is -0.417. The van der Waals surface area contributed by atoms with Gasteiger partial charge in [-0.1, -0.05) is 53.3 Å². The van der Waals surface area contributed by atoms with E-state index in [1.54, 1.807) is 112 Å². The molecule has 0 aliphatic heterocycles. The quantitative estimate of drug-likeness (QED) is 0.111. The van der Waals surface area contributed by atoms with Crippen LogP contribution >= 0.6 is 9.79 Å². The third kappa shape index (κ3) is 22.5. The second kappa shape index (κ2) is 38.9. The van der Waals surface area contributed by atoms with Crippen molar-refractivity contribution < 1.29 is 0 Å². The standard InChI is InChI=1S/C27H15N3.C24H12N6.C21H15N3.C18H12N6.H3P/c1(22-7-13-28-14-8-22)4-25-19-26(5-2-23-9-15-29-16-10-23)21-27(20-25)6-3-24-11-17-30-18-12-24;1(19-7-13-25-14-8-19)4-22-28-23(5-2-20-9-15-26-16-10-20)30-24(29-22)6-3-21-11-17-27-18-12-21;1-7-22-8-2-16(1)19-13-20(17-3-9-23-10-4-17)15-21(14-19)18-5-11-24-12-6-18;1-7-19-8-2-13(1)16-22-17(14-3-9-20-10-4-14)24-18(23-16)15-5-11-21-12-6-15;/h7-21H;7-18H;1-15H;1-12H;1H3/i;;;;1T2. The Morgan fingerprint density at radius 1 is 0.165 bits per heavy atom. The van der Waals surface area contributed by atoms with Crippen LogP contribution in [0, 0.1) is 71.0 Å². The smallest absolute Gasteiger partial charge is 0.210 e. The molecule has 0 aliphatic rings. The van der Waals surface area contributed by atoms with E-state index < -0.39 is 9.79 Å². The first-order valence-electron chi connectivity index (χ1n) is 34.3. The van der Waals surface area contributed by atoms with Crippen LogP contribution < -0.4 is 0 Å². The van der Waals surface area contributed by atoms with Crippen LogP contribution in [0.1, 0.15) is 67.5 Å². The third-order valence-corrected chi connectivity index (χ3v) is 15.1. The maximum atomic E-state index is 5.90. The molecule has 0 radical (unpaired) electrons. The summed E-state index contributed by atoms with van der Waals surface area (Å²) in [5.41, 5.74) is 17.3. The van der Waals surface area contributed by atoms with Gasteiger partial charge in [-0.25, -0.2) is 15.0 Å². The third-order valence-electron chi connectivity index (χ3n) is 15.1. The van der Waals surface area contributed by atoms with E-state index >= 15 is 0 Å². The van der Waals surface area contributed by atoms with Crippen molar-refractivity contribution in [2.24, 2.45) is 0 Å². The Kier molecular flexibility index (Phi) is 25.0. The molecule has 0 aliphatic carbocycles. The van der Waals surface area contributed by atoms with Gasteiger partial charge in [0.15, 0.2) is 17.5 Å². The van der Waals surface area contributed by atoms with E-state index in [1.165, 1.54) is 16.7 Å². The minimum absolute atomic E-state index is 0.292. The Balaban J connectivity index is 0.000000136. The lowest BCUT2D eigenvalue weighted by Crippen LogP contribution is -2.01. The molecule has 0 bridgehead atoms. The topological polar surface area (TPSA) is 232 Å². The number of benzene rings is 2. The fraction of sp³-hybridized carbons (Fsp3) is 0. The zero-order valence-corrected chi connectivity index (χ0v) is 58.7. The van der Waals surface area contributed by atoms with E-state index in [2.05, 4.69) is 179 Å². The van der Waals surface area contributed by atoms with Crippen molar-refractivity contribution in [1.29, 1.82) is 2.56 Å². The number of hydrogen-bond acceptors (Lipinski definition) is 18. The summed E-state index contributed by atoms with van der Waals surface area (Å²) in [4.78, 5) is 75.3. The van der Waals surface area contributed by atoms with Gasteiger partial charge in [-0.2, -0.15) is 24.7 Å². The Bertz CT molecular complexity index is 5060. The molecular formula is C90H57N18P. The molecule has 16 aromatic rings. The van der Waals surface area contributed by atoms with Crippen molar-refractivity contribution in [1.82, 2.24) is 89.7 Å². The molecule has 14 aromatic heterocycles. The largest absolute Gasteiger partial charge is 0.265 e. The second-order valence-corrected chi connectivity index (χ2v) is 22.5. The molecule has 14 heterocycles. The monoisotopic (exact) mass is 1420 g/mol. The first-order chi connectivity index (χ1) is 54.9. The van der Waals surface area contributed by atoms with E-state index in [-0.39, 0.29) is 0 Å². The molecule has 0 saturated heterocycles. The van der Waals surface area contributed by atoms with Gasteiger partial charge in [0.05, 0.1) is 2.56 Å². The molecule has 19 heteroatoms. The molecule has 0 unspecified atom stereocenters. The molecule has 18 nitrogen and oxygen atoms in total. The van der Waals surface area contributed by atoms with Gasteiger partial charge >= 0.3 is 0 Å². The molecule has 0 fully saturated rings. The van der Waals surface area contributed by atoms with Crippen molar-refractivity contribution in [3.8, 4) is 139 Å². The average molecular weight is 1430 g/mol. The van der Waals surface area contributed by atoms with Crippen molar-refractivity contribution in [3.05, 3.63) is 398 Å². The van der Waals surface area contributed by atoms with Crippen LogP contribution in [-0.2, 0) is 0 Å². The molecule has 0 spiro atoms. The van der Waals surface area contributed by atoms with Gasteiger partial charge in [0.25, 0.3) is 0 Å². The van der Waals surface area contributed by atoms with Crippen molar-refractivity contribution in [2.75, 3.05) is 0 Å². The van der Waals surface area contributed by atoms with Crippen LogP contribution in [0.3, 0.4) is 0 Å². The predicted molar refractivity (Wildman–Crippen MR) is 424 cm³/mol. The van der Waals surface area contributed by atoms with Crippen LogP contribution in [0.15, 0.2) is 331 Å². The molecule has 512 valence electrons. The zero-order valence-electron chi connectivity index (χ0n) is 59.7. The molecule has 0 amide bonds. The summed E-state index contributed by atoms with van der Waals surface area (Å²) < 4.78 is 11.8. The molecule has 0 saturated carbocycles. The number of aromatic nitrogens is 18. The fourth-order valence-corrected chi connectivity index (χ4v) is 9.84.